The number of anilines is 1. The van der Waals surface area contributed by atoms with Crippen LogP contribution < -0.4 is 15.4 Å². The van der Waals surface area contributed by atoms with Crippen LogP contribution in [-0.2, 0) is 25.7 Å². The summed E-state index contributed by atoms with van der Waals surface area (Å²) >= 11 is 0. The van der Waals surface area contributed by atoms with Gasteiger partial charge in [0.1, 0.15) is 0 Å². The third-order valence-corrected chi connectivity index (χ3v) is 8.33. The molecule has 0 saturated carbocycles. The number of esters is 1. The molecule has 1 aromatic carbocycles. The van der Waals surface area contributed by atoms with Crippen molar-refractivity contribution in [3.8, 4) is 17.6 Å². The summed E-state index contributed by atoms with van der Waals surface area (Å²) in [6.45, 7) is 5.34. The first-order chi connectivity index (χ1) is 22.2. The quantitative estimate of drug-likeness (QED) is 0.262. The zero-order valence-corrected chi connectivity index (χ0v) is 26.9. The standard InChI is InChI=1S/C33H37FN6O7/c1-32(2,3)30(44)47-19-40-29(43)33(37-31(40)45,18-39-17-22-6-7-24(46-5)26(34)25(22)28(39)42)11-8-20-14-23(16-35-15-20)36-27(41)21-9-12-38(4)13-10-21/h6-7,14-16,21H,9-10,12-13,17-19H2,1-5H3,(H,36,41)(H,37,45)/t33-/m1/s1. The summed E-state index contributed by atoms with van der Waals surface area (Å²) in [7, 11) is 3.29. The van der Waals surface area contributed by atoms with Crippen LogP contribution in [0.3, 0.4) is 0 Å². The van der Waals surface area contributed by atoms with Crippen LogP contribution in [0.1, 0.15) is 55.1 Å². The molecule has 3 aliphatic rings. The fourth-order valence-corrected chi connectivity index (χ4v) is 5.55. The molecular weight excluding hydrogens is 611 g/mol. The molecule has 47 heavy (non-hydrogen) atoms. The number of likely N-dealkylation sites (tertiary alicyclic amines) is 1. The van der Waals surface area contributed by atoms with Crippen LogP contribution in [0.25, 0.3) is 0 Å². The van der Waals surface area contributed by atoms with Crippen LogP contribution in [0.15, 0.2) is 30.6 Å². The molecule has 3 aliphatic heterocycles. The number of benzene rings is 1. The number of amides is 5. The van der Waals surface area contributed by atoms with Gasteiger partial charge in [0.2, 0.25) is 11.4 Å². The molecule has 0 aliphatic carbocycles. The van der Waals surface area contributed by atoms with Gasteiger partial charge < -0.3 is 29.9 Å². The molecule has 0 spiro atoms. The smallest absolute Gasteiger partial charge is 0.328 e. The monoisotopic (exact) mass is 648 g/mol. The second kappa shape index (κ2) is 13.0. The van der Waals surface area contributed by atoms with Crippen molar-refractivity contribution in [1.29, 1.82) is 0 Å². The lowest BCUT2D eigenvalue weighted by molar-refractivity contribution is -0.158. The van der Waals surface area contributed by atoms with Gasteiger partial charge >= 0.3 is 12.0 Å². The third-order valence-electron chi connectivity index (χ3n) is 8.33. The summed E-state index contributed by atoms with van der Waals surface area (Å²) < 4.78 is 25.3. The molecule has 5 amide bonds. The number of fused-ring (bicyclic) bond motifs is 1. The van der Waals surface area contributed by atoms with E-state index in [1.165, 1.54) is 30.5 Å². The van der Waals surface area contributed by atoms with Gasteiger partial charge in [-0.3, -0.25) is 24.2 Å². The van der Waals surface area contributed by atoms with E-state index in [4.69, 9.17) is 9.47 Å². The summed E-state index contributed by atoms with van der Waals surface area (Å²) in [5.41, 5.74) is -1.98. The predicted octanol–water partition coefficient (Wildman–Crippen LogP) is 2.35. The molecule has 2 aromatic rings. The number of ether oxygens (including phenoxy) is 2. The number of aromatic nitrogens is 1. The van der Waals surface area contributed by atoms with E-state index in [1.807, 2.05) is 7.05 Å². The summed E-state index contributed by atoms with van der Waals surface area (Å²) in [4.78, 5) is 74.0. The highest BCUT2D eigenvalue weighted by Gasteiger charge is 2.53. The predicted molar refractivity (Wildman–Crippen MR) is 166 cm³/mol. The van der Waals surface area contributed by atoms with Gasteiger partial charge in [0.05, 0.1) is 36.5 Å². The van der Waals surface area contributed by atoms with Crippen molar-refractivity contribution >= 4 is 35.4 Å². The van der Waals surface area contributed by atoms with E-state index in [0.29, 0.717) is 21.7 Å². The second-order valence-electron chi connectivity index (χ2n) is 12.9. The second-order valence-corrected chi connectivity index (χ2v) is 12.9. The number of piperidine rings is 1. The molecule has 1 aromatic heterocycles. The van der Waals surface area contributed by atoms with Crippen molar-refractivity contribution in [2.75, 3.05) is 45.8 Å². The average molecular weight is 649 g/mol. The molecule has 2 N–H and O–H groups in total. The van der Waals surface area contributed by atoms with Crippen molar-refractivity contribution in [3.05, 3.63) is 53.1 Å². The topological polar surface area (TPSA) is 150 Å². The Kier molecular flexibility index (Phi) is 9.22. The van der Waals surface area contributed by atoms with Gasteiger partial charge in [0.15, 0.2) is 18.3 Å². The van der Waals surface area contributed by atoms with E-state index in [9.17, 15) is 24.0 Å². The Morgan fingerprint density at radius 1 is 1.17 bits per heavy atom. The fourth-order valence-electron chi connectivity index (χ4n) is 5.55. The largest absolute Gasteiger partial charge is 0.494 e. The highest BCUT2D eigenvalue weighted by molar-refractivity contribution is 6.10. The van der Waals surface area contributed by atoms with Gasteiger partial charge in [-0.15, -0.1) is 0 Å². The maximum Gasteiger partial charge on any atom is 0.328 e. The Bertz CT molecular complexity index is 1690. The number of pyridine rings is 1. The van der Waals surface area contributed by atoms with Crippen LogP contribution in [0.2, 0.25) is 0 Å². The first-order valence-electron chi connectivity index (χ1n) is 15.2. The highest BCUT2D eigenvalue weighted by Crippen LogP contribution is 2.33. The number of halogens is 1. The average Bonchev–Trinajstić information content (AvgIpc) is 3.46. The number of hydrogen-bond donors (Lipinski definition) is 2. The number of methoxy groups -OCH3 is 1. The SMILES string of the molecule is COc1ccc2c(c1F)C(=O)N(C[C@@]1(C#Cc3cncc(NC(=O)C4CCN(C)CC4)c3)NC(=O)N(COC(=O)C(C)(C)C)C1=O)C2. The minimum atomic E-state index is -1.99. The van der Waals surface area contributed by atoms with E-state index in [-0.39, 0.29) is 29.7 Å². The maximum absolute atomic E-state index is 15.1. The lowest BCUT2D eigenvalue weighted by atomic mass is 9.96. The number of nitrogens with one attached hydrogen (secondary N) is 2. The molecule has 248 valence electrons. The van der Waals surface area contributed by atoms with Gasteiger partial charge in [-0.2, -0.15) is 0 Å². The van der Waals surface area contributed by atoms with Gasteiger partial charge in [-0.05, 0) is 71.4 Å². The van der Waals surface area contributed by atoms with Crippen LogP contribution in [-0.4, -0.2) is 95.5 Å². The Morgan fingerprint density at radius 3 is 2.57 bits per heavy atom. The van der Waals surface area contributed by atoms with Crippen molar-refractivity contribution in [2.45, 2.75) is 45.7 Å². The molecule has 2 fully saturated rings. The van der Waals surface area contributed by atoms with Crippen molar-refractivity contribution in [2.24, 2.45) is 11.3 Å². The summed E-state index contributed by atoms with van der Waals surface area (Å²) in [5, 5.41) is 5.45. The lowest BCUT2D eigenvalue weighted by Crippen LogP contribution is -2.54. The van der Waals surface area contributed by atoms with Gasteiger partial charge in [-0.25, -0.2) is 14.1 Å². The fraction of sp³-hybridized carbons (Fsp3) is 0.455. The molecule has 0 bridgehead atoms. The van der Waals surface area contributed by atoms with E-state index in [0.717, 1.165) is 25.9 Å². The number of hydrogen-bond acceptors (Lipinski definition) is 9. The number of imide groups is 1. The number of urea groups is 1. The minimum Gasteiger partial charge on any atom is -0.494 e. The van der Waals surface area contributed by atoms with Gasteiger partial charge in [-0.1, -0.05) is 17.9 Å². The van der Waals surface area contributed by atoms with Crippen molar-refractivity contribution in [3.63, 3.8) is 0 Å². The Hall–Kier alpha value is -5.03. The molecular formula is C33H37FN6O7. The normalized spacial score (nSPS) is 20.0. The van der Waals surface area contributed by atoms with Gasteiger partial charge in [0, 0.05) is 24.2 Å². The molecule has 1 atom stereocenters. The van der Waals surface area contributed by atoms with Crippen molar-refractivity contribution in [1.82, 2.24) is 25.0 Å². The first-order valence-corrected chi connectivity index (χ1v) is 15.2. The van der Waals surface area contributed by atoms with E-state index < -0.39 is 53.9 Å². The first kappa shape index (κ1) is 33.3. The molecule has 5 rings (SSSR count). The van der Waals surface area contributed by atoms with Crippen molar-refractivity contribution < 1.29 is 37.8 Å². The van der Waals surface area contributed by atoms with E-state index in [2.05, 4.69) is 32.4 Å². The number of carbonyl (C=O) groups is 5. The molecule has 0 unspecified atom stereocenters. The number of rotatable bonds is 7. The Balaban J connectivity index is 1.42. The zero-order valence-electron chi connectivity index (χ0n) is 26.9. The molecule has 0 radical (unpaired) electrons. The lowest BCUT2D eigenvalue weighted by Gasteiger charge is -2.28. The Morgan fingerprint density at radius 2 is 1.89 bits per heavy atom. The van der Waals surface area contributed by atoms with Crippen LogP contribution in [0.5, 0.6) is 5.75 Å². The number of nitrogens with zero attached hydrogens (tertiary/aromatic N) is 4. The minimum absolute atomic E-state index is 0.0549. The number of carbonyl (C=O) groups excluding carboxylic acids is 5. The Labute approximate surface area is 271 Å². The van der Waals surface area contributed by atoms with E-state index in [1.54, 1.807) is 32.9 Å². The summed E-state index contributed by atoms with van der Waals surface area (Å²) in [6, 6.07) is 3.65. The molecule has 14 heteroatoms. The van der Waals surface area contributed by atoms with Crippen LogP contribution in [0, 0.1) is 29.0 Å². The van der Waals surface area contributed by atoms with Crippen LogP contribution in [0.4, 0.5) is 14.9 Å². The highest BCUT2D eigenvalue weighted by atomic mass is 19.1. The maximum atomic E-state index is 15.1. The molecule has 4 heterocycles. The third kappa shape index (κ3) is 6.90. The summed E-state index contributed by atoms with van der Waals surface area (Å²) in [5.74, 6) is 2.25. The van der Waals surface area contributed by atoms with Gasteiger partial charge in [0.25, 0.3) is 11.8 Å². The van der Waals surface area contributed by atoms with E-state index >= 15 is 4.39 Å². The zero-order chi connectivity index (χ0) is 34.1. The summed E-state index contributed by atoms with van der Waals surface area (Å²) in [6.07, 6.45) is 4.37. The molecule has 2 saturated heterocycles. The molecule has 13 nitrogen and oxygen atoms in total. The van der Waals surface area contributed by atoms with Crippen LogP contribution >= 0.6 is 0 Å².